The van der Waals surface area contributed by atoms with E-state index in [1.807, 2.05) is 67.1 Å². The van der Waals surface area contributed by atoms with Gasteiger partial charge in [-0.2, -0.15) is 5.26 Å². The zero-order valence-electron chi connectivity index (χ0n) is 16.4. The van der Waals surface area contributed by atoms with Crippen LogP contribution in [-0.2, 0) is 4.79 Å². The minimum atomic E-state index is -0.479. The topological polar surface area (TPSA) is 67.0 Å². The molecule has 0 aliphatic carbocycles. The number of amides is 1. The number of aromatic nitrogens is 1. The van der Waals surface area contributed by atoms with E-state index >= 15 is 0 Å². The standard InChI is InChI=1S/C23H20ClN3O2/c1-15-4-5-19(24)12-22(15)26-23(28)18(13-25)11-17-10-16(2)27(14-17)20-6-8-21(29-3)9-7-20/h4-12,14H,1-3H3,(H,26,28)/b18-11+. The van der Waals surface area contributed by atoms with Crippen LogP contribution in [0.4, 0.5) is 5.69 Å². The Morgan fingerprint density at radius 3 is 2.55 bits per heavy atom. The van der Waals surface area contributed by atoms with Crippen molar-refractivity contribution in [3.05, 3.63) is 82.1 Å². The van der Waals surface area contributed by atoms with Gasteiger partial charge in [0.25, 0.3) is 5.91 Å². The van der Waals surface area contributed by atoms with Crippen molar-refractivity contribution in [3.63, 3.8) is 0 Å². The Morgan fingerprint density at radius 2 is 1.90 bits per heavy atom. The van der Waals surface area contributed by atoms with Gasteiger partial charge in [-0.05, 0) is 73.5 Å². The molecule has 1 amide bonds. The second kappa shape index (κ2) is 8.68. The first-order valence-corrected chi connectivity index (χ1v) is 9.32. The molecule has 29 heavy (non-hydrogen) atoms. The predicted molar refractivity (Wildman–Crippen MR) is 115 cm³/mol. The highest BCUT2D eigenvalue weighted by Gasteiger charge is 2.12. The summed E-state index contributed by atoms with van der Waals surface area (Å²) in [5.74, 6) is 0.297. The number of rotatable bonds is 5. The molecule has 0 fully saturated rings. The predicted octanol–water partition coefficient (Wildman–Crippen LogP) is 5.30. The lowest BCUT2D eigenvalue weighted by Gasteiger charge is -2.08. The molecule has 1 N–H and O–H groups in total. The number of nitriles is 1. The Hall–Kier alpha value is -3.49. The molecular formula is C23H20ClN3O2. The van der Waals surface area contributed by atoms with Gasteiger partial charge in [-0.3, -0.25) is 4.79 Å². The average molecular weight is 406 g/mol. The van der Waals surface area contributed by atoms with E-state index in [1.54, 1.807) is 25.3 Å². The smallest absolute Gasteiger partial charge is 0.266 e. The van der Waals surface area contributed by atoms with Crippen molar-refractivity contribution in [1.29, 1.82) is 5.26 Å². The van der Waals surface area contributed by atoms with Gasteiger partial charge in [-0.1, -0.05) is 17.7 Å². The van der Waals surface area contributed by atoms with Gasteiger partial charge in [-0.15, -0.1) is 0 Å². The van der Waals surface area contributed by atoms with Crippen molar-refractivity contribution in [3.8, 4) is 17.5 Å². The van der Waals surface area contributed by atoms with Crippen LogP contribution in [0, 0.1) is 25.2 Å². The number of methoxy groups -OCH3 is 1. The van der Waals surface area contributed by atoms with Crippen LogP contribution in [0.25, 0.3) is 11.8 Å². The Morgan fingerprint density at radius 1 is 1.17 bits per heavy atom. The normalized spacial score (nSPS) is 11.1. The van der Waals surface area contributed by atoms with E-state index in [1.165, 1.54) is 0 Å². The number of carbonyl (C=O) groups excluding carboxylic acids is 1. The fourth-order valence-electron chi connectivity index (χ4n) is 2.93. The van der Waals surface area contributed by atoms with Crippen LogP contribution in [0.2, 0.25) is 5.02 Å². The number of ether oxygens (including phenoxy) is 1. The van der Waals surface area contributed by atoms with Crippen molar-refractivity contribution >= 4 is 29.3 Å². The third-order valence-corrected chi connectivity index (χ3v) is 4.74. The Balaban J connectivity index is 1.86. The molecular weight excluding hydrogens is 386 g/mol. The highest BCUT2D eigenvalue weighted by Crippen LogP contribution is 2.22. The van der Waals surface area contributed by atoms with Gasteiger partial charge in [0.05, 0.1) is 7.11 Å². The van der Waals surface area contributed by atoms with Crippen molar-refractivity contribution in [2.45, 2.75) is 13.8 Å². The lowest BCUT2D eigenvalue weighted by Crippen LogP contribution is -2.14. The number of benzene rings is 2. The second-order valence-corrected chi connectivity index (χ2v) is 7.00. The van der Waals surface area contributed by atoms with Crippen molar-refractivity contribution in [1.82, 2.24) is 4.57 Å². The van der Waals surface area contributed by atoms with Gasteiger partial charge >= 0.3 is 0 Å². The molecule has 3 rings (SSSR count). The molecule has 0 saturated carbocycles. The van der Waals surface area contributed by atoms with Gasteiger partial charge in [0, 0.05) is 28.3 Å². The Labute approximate surface area is 174 Å². The summed E-state index contributed by atoms with van der Waals surface area (Å²) in [6.07, 6.45) is 3.45. The quantitative estimate of drug-likeness (QED) is 0.462. The molecule has 0 bridgehead atoms. The van der Waals surface area contributed by atoms with E-state index in [-0.39, 0.29) is 5.57 Å². The third kappa shape index (κ3) is 4.68. The third-order valence-electron chi connectivity index (χ3n) is 4.51. The zero-order valence-corrected chi connectivity index (χ0v) is 17.1. The first-order chi connectivity index (χ1) is 13.9. The van der Waals surface area contributed by atoms with E-state index in [2.05, 4.69) is 5.32 Å². The summed E-state index contributed by atoms with van der Waals surface area (Å²) in [5, 5.41) is 12.8. The Bertz CT molecular complexity index is 1120. The lowest BCUT2D eigenvalue weighted by molar-refractivity contribution is -0.112. The molecule has 0 aliphatic heterocycles. The van der Waals surface area contributed by atoms with Gasteiger partial charge in [0.15, 0.2) is 0 Å². The maximum absolute atomic E-state index is 12.6. The SMILES string of the molecule is COc1ccc(-n2cc(/C=C(\C#N)C(=O)Nc3cc(Cl)ccc3C)cc2C)cc1. The highest BCUT2D eigenvalue weighted by atomic mass is 35.5. The molecule has 0 spiro atoms. The molecule has 146 valence electrons. The number of nitrogens with zero attached hydrogens (tertiary/aromatic N) is 2. The fraction of sp³-hybridized carbons (Fsp3) is 0.130. The monoisotopic (exact) mass is 405 g/mol. The van der Waals surface area contributed by atoms with Crippen LogP contribution in [0.15, 0.2) is 60.3 Å². The molecule has 0 saturated heterocycles. The number of hydrogen-bond acceptors (Lipinski definition) is 3. The summed E-state index contributed by atoms with van der Waals surface area (Å²) in [7, 11) is 1.62. The minimum absolute atomic E-state index is 0.0104. The summed E-state index contributed by atoms with van der Waals surface area (Å²) in [6.45, 7) is 3.82. The number of nitrogens with one attached hydrogen (secondary N) is 1. The van der Waals surface area contributed by atoms with Crippen LogP contribution in [0.1, 0.15) is 16.8 Å². The molecule has 0 unspecified atom stereocenters. The highest BCUT2D eigenvalue weighted by molar-refractivity contribution is 6.31. The molecule has 0 atom stereocenters. The number of hydrogen-bond donors (Lipinski definition) is 1. The number of halogens is 1. The molecule has 2 aromatic carbocycles. The molecule has 5 nitrogen and oxygen atoms in total. The Kier molecular flexibility index (Phi) is 6.06. The number of aryl methyl sites for hydroxylation is 2. The van der Waals surface area contributed by atoms with E-state index in [0.29, 0.717) is 10.7 Å². The minimum Gasteiger partial charge on any atom is -0.497 e. The summed E-state index contributed by atoms with van der Waals surface area (Å²) < 4.78 is 7.18. The summed E-state index contributed by atoms with van der Waals surface area (Å²) in [4.78, 5) is 12.6. The summed E-state index contributed by atoms with van der Waals surface area (Å²) >= 11 is 6.00. The van der Waals surface area contributed by atoms with Gasteiger partial charge in [0.2, 0.25) is 0 Å². The largest absolute Gasteiger partial charge is 0.497 e. The lowest BCUT2D eigenvalue weighted by atomic mass is 10.1. The van der Waals surface area contributed by atoms with Crippen LogP contribution < -0.4 is 10.1 Å². The maximum atomic E-state index is 12.6. The van der Waals surface area contributed by atoms with Crippen LogP contribution in [-0.4, -0.2) is 17.6 Å². The van der Waals surface area contributed by atoms with E-state index in [0.717, 1.165) is 28.3 Å². The summed E-state index contributed by atoms with van der Waals surface area (Å²) in [6, 6.07) is 16.8. The van der Waals surface area contributed by atoms with Crippen LogP contribution in [0.3, 0.4) is 0 Å². The molecule has 1 aromatic heterocycles. The first kappa shape index (κ1) is 20.2. The molecule has 1 heterocycles. The second-order valence-electron chi connectivity index (χ2n) is 6.57. The number of anilines is 1. The fourth-order valence-corrected chi connectivity index (χ4v) is 3.10. The van der Waals surface area contributed by atoms with Gasteiger partial charge < -0.3 is 14.6 Å². The van der Waals surface area contributed by atoms with E-state index in [9.17, 15) is 10.1 Å². The summed E-state index contributed by atoms with van der Waals surface area (Å²) in [5.41, 5.74) is 4.14. The van der Waals surface area contributed by atoms with Gasteiger partial charge in [0.1, 0.15) is 17.4 Å². The van der Waals surface area contributed by atoms with Crippen molar-refractivity contribution in [2.75, 3.05) is 12.4 Å². The van der Waals surface area contributed by atoms with Crippen molar-refractivity contribution < 1.29 is 9.53 Å². The van der Waals surface area contributed by atoms with Crippen molar-refractivity contribution in [2.24, 2.45) is 0 Å². The average Bonchev–Trinajstić information content (AvgIpc) is 3.09. The maximum Gasteiger partial charge on any atom is 0.266 e. The number of carbonyl (C=O) groups is 1. The van der Waals surface area contributed by atoms with Gasteiger partial charge in [-0.25, -0.2) is 0 Å². The van der Waals surface area contributed by atoms with E-state index < -0.39 is 5.91 Å². The zero-order chi connectivity index (χ0) is 21.0. The molecule has 6 heteroatoms. The van der Waals surface area contributed by atoms with E-state index in [4.69, 9.17) is 16.3 Å². The molecule has 3 aromatic rings. The molecule has 0 radical (unpaired) electrons. The molecule has 0 aliphatic rings. The first-order valence-electron chi connectivity index (χ1n) is 8.94. The van der Waals surface area contributed by atoms with Crippen LogP contribution >= 0.6 is 11.6 Å². The van der Waals surface area contributed by atoms with Crippen LogP contribution in [0.5, 0.6) is 5.75 Å².